The van der Waals surface area contributed by atoms with Crippen LogP contribution in [0.4, 0.5) is 0 Å². The molecule has 3 aromatic carbocycles. The van der Waals surface area contributed by atoms with Crippen LogP contribution in [0.25, 0.3) is 0 Å². The first-order valence-electron chi connectivity index (χ1n) is 13.2. The van der Waals surface area contributed by atoms with Gasteiger partial charge in [-0.15, -0.1) is 0 Å². The van der Waals surface area contributed by atoms with Gasteiger partial charge in [0.25, 0.3) is 0 Å². The van der Waals surface area contributed by atoms with Crippen molar-refractivity contribution >= 4 is 17.9 Å². The molecule has 3 aromatic rings. The number of esters is 3. The Labute approximate surface area is 230 Å². The third-order valence-electron chi connectivity index (χ3n) is 6.43. The molecule has 0 heterocycles. The van der Waals surface area contributed by atoms with E-state index < -0.39 is 42.1 Å². The Bertz CT molecular complexity index is 1190. The van der Waals surface area contributed by atoms with Crippen molar-refractivity contribution in [1.29, 1.82) is 0 Å². The van der Waals surface area contributed by atoms with E-state index in [9.17, 15) is 14.4 Å². The first-order chi connectivity index (χ1) is 18.9. The van der Waals surface area contributed by atoms with E-state index in [2.05, 4.69) is 6.58 Å². The molecule has 0 radical (unpaired) electrons. The lowest BCUT2D eigenvalue weighted by Gasteiger charge is -2.34. The van der Waals surface area contributed by atoms with Crippen LogP contribution in [0, 0.1) is 5.92 Å². The zero-order chi connectivity index (χ0) is 28.0. The maximum absolute atomic E-state index is 12.9. The Hall–Kier alpha value is -4.19. The van der Waals surface area contributed by atoms with E-state index in [0.717, 1.165) is 16.7 Å². The molecule has 0 aliphatic carbocycles. The Morgan fingerprint density at radius 3 is 1.44 bits per heavy atom. The van der Waals surface area contributed by atoms with E-state index in [4.69, 9.17) is 14.2 Å². The zero-order valence-electron chi connectivity index (χ0n) is 22.5. The molecule has 0 aromatic heterocycles. The average molecular weight is 529 g/mol. The van der Waals surface area contributed by atoms with Crippen LogP contribution in [0.5, 0.6) is 0 Å². The molecule has 6 nitrogen and oxygen atoms in total. The lowest BCUT2D eigenvalue weighted by atomic mass is 9.88. The minimum atomic E-state index is -0.852. The van der Waals surface area contributed by atoms with Crippen LogP contribution in [0.15, 0.2) is 104 Å². The van der Waals surface area contributed by atoms with Gasteiger partial charge in [0.05, 0.1) is 25.2 Å². The maximum atomic E-state index is 12.9. The number of carbonyl (C=O) groups is 3. The molecule has 0 saturated heterocycles. The molecular formula is C33H36O6. The Balaban J connectivity index is 1.77. The summed E-state index contributed by atoms with van der Waals surface area (Å²) in [6.45, 7) is 7.47. The summed E-state index contributed by atoms with van der Waals surface area (Å²) in [6, 6.07) is 27.8. The summed E-state index contributed by atoms with van der Waals surface area (Å²) in [5, 5.41) is 0. The van der Waals surface area contributed by atoms with Crippen LogP contribution < -0.4 is 0 Å². The summed E-state index contributed by atoms with van der Waals surface area (Å²) >= 11 is 0. The molecule has 204 valence electrons. The molecule has 0 aliphatic heterocycles. The van der Waals surface area contributed by atoms with Crippen LogP contribution in [-0.2, 0) is 47.9 Å². The van der Waals surface area contributed by atoms with Gasteiger partial charge in [0, 0.05) is 0 Å². The smallest absolute Gasteiger partial charge is 0.310 e. The number of ether oxygens (including phenoxy) is 3. The molecule has 3 rings (SSSR count). The third kappa shape index (κ3) is 9.56. The predicted molar refractivity (Wildman–Crippen MR) is 150 cm³/mol. The molecule has 0 amide bonds. The second-order valence-corrected chi connectivity index (χ2v) is 9.39. The highest BCUT2D eigenvalue weighted by Gasteiger charge is 2.38. The third-order valence-corrected chi connectivity index (χ3v) is 6.43. The molecule has 6 heteroatoms. The largest absolute Gasteiger partial charge is 0.462 e. The second-order valence-electron chi connectivity index (χ2n) is 9.39. The molecule has 4 atom stereocenters. The molecule has 0 spiro atoms. The quantitative estimate of drug-likeness (QED) is 0.152. The van der Waals surface area contributed by atoms with Gasteiger partial charge in [-0.2, -0.15) is 0 Å². The molecule has 0 saturated carbocycles. The van der Waals surface area contributed by atoms with Crippen molar-refractivity contribution in [2.45, 2.75) is 57.8 Å². The van der Waals surface area contributed by atoms with Crippen molar-refractivity contribution in [3.8, 4) is 0 Å². The van der Waals surface area contributed by atoms with Crippen LogP contribution in [0.3, 0.4) is 0 Å². The summed E-state index contributed by atoms with van der Waals surface area (Å²) < 4.78 is 17.5. The first kappa shape index (κ1) is 29.4. The SMILES string of the molecule is C=CC(OC(=O)Cc1ccccc1)C(C(C)OC(=O)Cc1ccccc1)C(CC)OC(=O)Cc1ccccc1. The van der Waals surface area contributed by atoms with Gasteiger partial charge >= 0.3 is 17.9 Å². The number of benzene rings is 3. The van der Waals surface area contributed by atoms with Gasteiger partial charge in [-0.1, -0.05) is 111 Å². The lowest BCUT2D eigenvalue weighted by molar-refractivity contribution is -0.170. The summed E-state index contributed by atoms with van der Waals surface area (Å²) in [7, 11) is 0. The zero-order valence-corrected chi connectivity index (χ0v) is 22.5. The van der Waals surface area contributed by atoms with Crippen molar-refractivity contribution in [3.05, 3.63) is 120 Å². The summed E-state index contributed by atoms with van der Waals surface area (Å²) in [6.07, 6.45) is -0.0835. The Morgan fingerprint density at radius 2 is 1.05 bits per heavy atom. The fourth-order valence-corrected chi connectivity index (χ4v) is 4.52. The number of hydrogen-bond donors (Lipinski definition) is 0. The van der Waals surface area contributed by atoms with Gasteiger partial charge in [0.15, 0.2) is 0 Å². The van der Waals surface area contributed by atoms with E-state index >= 15 is 0 Å². The lowest BCUT2D eigenvalue weighted by Crippen LogP contribution is -2.45. The average Bonchev–Trinajstić information content (AvgIpc) is 2.93. The van der Waals surface area contributed by atoms with Gasteiger partial charge in [0.1, 0.15) is 18.3 Å². The highest BCUT2D eigenvalue weighted by Crippen LogP contribution is 2.27. The van der Waals surface area contributed by atoms with E-state index in [1.807, 2.05) is 97.9 Å². The highest BCUT2D eigenvalue weighted by molar-refractivity contribution is 5.74. The molecule has 4 unspecified atom stereocenters. The molecule has 39 heavy (non-hydrogen) atoms. The summed E-state index contributed by atoms with van der Waals surface area (Å²) in [5.74, 6) is -1.96. The van der Waals surface area contributed by atoms with Crippen LogP contribution >= 0.6 is 0 Å². The van der Waals surface area contributed by atoms with E-state index in [0.29, 0.717) is 6.42 Å². The molecular weight excluding hydrogens is 492 g/mol. The van der Waals surface area contributed by atoms with Crippen molar-refractivity contribution < 1.29 is 28.6 Å². The van der Waals surface area contributed by atoms with Crippen molar-refractivity contribution in [2.24, 2.45) is 5.92 Å². The van der Waals surface area contributed by atoms with Crippen LogP contribution in [0.2, 0.25) is 0 Å². The Kier molecular flexibility index (Phi) is 11.5. The number of hydrogen-bond acceptors (Lipinski definition) is 6. The fraction of sp³-hybridized carbons (Fsp3) is 0.303. The van der Waals surface area contributed by atoms with E-state index in [-0.39, 0.29) is 19.3 Å². The molecule has 0 bridgehead atoms. The van der Waals surface area contributed by atoms with Crippen molar-refractivity contribution in [2.75, 3.05) is 0 Å². The Morgan fingerprint density at radius 1 is 0.667 bits per heavy atom. The van der Waals surface area contributed by atoms with Gasteiger partial charge in [0.2, 0.25) is 0 Å². The van der Waals surface area contributed by atoms with Gasteiger partial charge < -0.3 is 14.2 Å². The highest BCUT2D eigenvalue weighted by atomic mass is 16.6. The molecule has 0 fully saturated rings. The van der Waals surface area contributed by atoms with Gasteiger partial charge in [-0.25, -0.2) is 0 Å². The molecule has 0 N–H and O–H groups in total. The van der Waals surface area contributed by atoms with Crippen molar-refractivity contribution in [1.82, 2.24) is 0 Å². The van der Waals surface area contributed by atoms with Crippen LogP contribution in [0.1, 0.15) is 37.0 Å². The number of rotatable bonds is 14. The maximum Gasteiger partial charge on any atom is 0.310 e. The summed E-state index contributed by atoms with van der Waals surface area (Å²) in [5.41, 5.74) is 2.46. The fourth-order valence-electron chi connectivity index (χ4n) is 4.52. The van der Waals surface area contributed by atoms with Gasteiger partial charge in [-0.05, 0) is 30.0 Å². The normalized spacial score (nSPS) is 13.8. The van der Waals surface area contributed by atoms with E-state index in [1.54, 1.807) is 6.92 Å². The monoisotopic (exact) mass is 528 g/mol. The molecule has 0 aliphatic rings. The number of carbonyl (C=O) groups excluding carboxylic acids is 3. The predicted octanol–water partition coefficient (Wildman–Crippen LogP) is 5.68. The van der Waals surface area contributed by atoms with Crippen molar-refractivity contribution in [3.63, 3.8) is 0 Å². The minimum Gasteiger partial charge on any atom is -0.462 e. The first-order valence-corrected chi connectivity index (χ1v) is 13.2. The standard InChI is InChI=1S/C33H36O6/c1-4-28(38-31(35)22-26-17-11-7-12-18-26)33(24(3)37-30(34)21-25-15-9-6-10-16-25)29(5-2)39-32(36)23-27-19-13-8-14-20-27/h4,6-20,24,28-29,33H,1,5,21-23H2,2-3H3. The van der Waals surface area contributed by atoms with Gasteiger partial charge in [-0.3, -0.25) is 14.4 Å². The topological polar surface area (TPSA) is 78.9 Å². The minimum absolute atomic E-state index is 0.0741. The van der Waals surface area contributed by atoms with E-state index in [1.165, 1.54) is 6.08 Å². The summed E-state index contributed by atoms with van der Waals surface area (Å²) in [4.78, 5) is 38.6. The van der Waals surface area contributed by atoms with Crippen LogP contribution in [-0.4, -0.2) is 36.2 Å². The second kappa shape index (κ2) is 15.3.